The Morgan fingerprint density at radius 3 is 2.00 bits per heavy atom. The Kier molecular flexibility index (Phi) is 5.78. The molecule has 2 rings (SSSR count). The first-order chi connectivity index (χ1) is 9.81. The first-order valence-electron chi connectivity index (χ1n) is 7.25. The number of nitrogens with one attached hydrogen (secondary N) is 1. The Balaban J connectivity index is 1.83. The molecule has 2 heteroatoms. The highest BCUT2D eigenvalue weighted by atomic mass is 16.3. The van der Waals surface area contributed by atoms with Gasteiger partial charge in [-0.15, -0.1) is 0 Å². The van der Waals surface area contributed by atoms with Crippen molar-refractivity contribution in [3.63, 3.8) is 0 Å². The molecule has 0 saturated carbocycles. The predicted molar refractivity (Wildman–Crippen MR) is 83.7 cm³/mol. The summed E-state index contributed by atoms with van der Waals surface area (Å²) in [5.41, 5.74) is 2.51. The van der Waals surface area contributed by atoms with Gasteiger partial charge in [0.05, 0.1) is 12.6 Å². The Morgan fingerprint density at radius 1 is 0.900 bits per heavy atom. The van der Waals surface area contributed by atoms with Crippen LogP contribution < -0.4 is 5.32 Å². The van der Waals surface area contributed by atoms with E-state index in [4.69, 9.17) is 0 Å². The fourth-order valence-electron chi connectivity index (χ4n) is 2.40. The lowest BCUT2D eigenvalue weighted by Gasteiger charge is -2.18. The summed E-state index contributed by atoms with van der Waals surface area (Å²) in [6, 6.07) is 20.7. The lowest BCUT2D eigenvalue weighted by Crippen LogP contribution is -2.26. The topological polar surface area (TPSA) is 32.3 Å². The number of hydrogen-bond donors (Lipinski definition) is 2. The van der Waals surface area contributed by atoms with Gasteiger partial charge in [0, 0.05) is 0 Å². The summed E-state index contributed by atoms with van der Waals surface area (Å²) in [5.74, 6) is 0.527. The first kappa shape index (κ1) is 14.8. The van der Waals surface area contributed by atoms with Crippen molar-refractivity contribution < 1.29 is 5.11 Å². The molecule has 2 aromatic rings. The van der Waals surface area contributed by atoms with Crippen molar-refractivity contribution >= 4 is 0 Å². The third kappa shape index (κ3) is 4.19. The zero-order valence-electron chi connectivity index (χ0n) is 12.0. The normalized spacial score (nSPS) is 13.9. The minimum absolute atomic E-state index is 0.0270. The van der Waals surface area contributed by atoms with Gasteiger partial charge in [-0.1, -0.05) is 67.6 Å². The molecule has 0 fully saturated rings. The van der Waals surface area contributed by atoms with E-state index in [1.54, 1.807) is 0 Å². The van der Waals surface area contributed by atoms with E-state index in [9.17, 15) is 5.11 Å². The molecule has 0 aromatic heterocycles. The van der Waals surface area contributed by atoms with Crippen molar-refractivity contribution in [1.82, 2.24) is 5.32 Å². The van der Waals surface area contributed by atoms with Gasteiger partial charge in [0.1, 0.15) is 0 Å². The minimum Gasteiger partial charge on any atom is -0.394 e. The number of aliphatic hydroxyl groups is 1. The molecule has 2 aromatic carbocycles. The summed E-state index contributed by atoms with van der Waals surface area (Å²) in [7, 11) is 0. The van der Waals surface area contributed by atoms with Gasteiger partial charge in [-0.05, 0) is 30.0 Å². The maximum absolute atomic E-state index is 9.50. The van der Waals surface area contributed by atoms with E-state index in [0.29, 0.717) is 5.92 Å². The average molecular weight is 269 g/mol. The summed E-state index contributed by atoms with van der Waals surface area (Å²) >= 11 is 0. The van der Waals surface area contributed by atoms with Gasteiger partial charge in [0.25, 0.3) is 0 Å². The fraction of sp³-hybridized carbons (Fsp3) is 0.333. The third-order valence-corrected chi connectivity index (χ3v) is 3.72. The summed E-state index contributed by atoms with van der Waals surface area (Å²) in [6.45, 7) is 3.27. The van der Waals surface area contributed by atoms with Gasteiger partial charge >= 0.3 is 0 Å². The van der Waals surface area contributed by atoms with Crippen LogP contribution in [0.15, 0.2) is 60.7 Å². The molecule has 106 valence electrons. The van der Waals surface area contributed by atoms with Crippen LogP contribution >= 0.6 is 0 Å². The Bertz CT molecular complexity index is 483. The molecule has 2 atom stereocenters. The highest BCUT2D eigenvalue weighted by Crippen LogP contribution is 2.18. The Hall–Kier alpha value is -1.64. The summed E-state index contributed by atoms with van der Waals surface area (Å²) in [6.07, 6.45) is 1.06. The van der Waals surface area contributed by atoms with Crippen LogP contribution in [0.5, 0.6) is 0 Å². The Labute approximate surface area is 121 Å². The van der Waals surface area contributed by atoms with Crippen molar-refractivity contribution in [2.45, 2.75) is 25.3 Å². The number of aliphatic hydroxyl groups excluding tert-OH is 1. The smallest absolute Gasteiger partial charge is 0.0626 e. The van der Waals surface area contributed by atoms with Crippen LogP contribution in [0, 0.1) is 0 Å². The van der Waals surface area contributed by atoms with E-state index in [-0.39, 0.29) is 12.6 Å². The number of rotatable bonds is 7. The molecule has 0 aliphatic rings. The summed E-state index contributed by atoms with van der Waals surface area (Å²) < 4.78 is 0. The average Bonchev–Trinajstić information content (AvgIpc) is 2.53. The second-order valence-corrected chi connectivity index (χ2v) is 5.20. The fourth-order valence-corrected chi connectivity index (χ4v) is 2.40. The molecule has 2 nitrogen and oxygen atoms in total. The van der Waals surface area contributed by atoms with E-state index in [1.807, 2.05) is 24.3 Å². The molecule has 1 unspecified atom stereocenters. The number of benzene rings is 2. The highest BCUT2D eigenvalue weighted by molar-refractivity contribution is 5.20. The molecule has 0 heterocycles. The van der Waals surface area contributed by atoms with Crippen LogP contribution in [0.4, 0.5) is 0 Å². The van der Waals surface area contributed by atoms with Crippen molar-refractivity contribution in [2.24, 2.45) is 0 Å². The van der Waals surface area contributed by atoms with E-state index in [2.05, 4.69) is 48.6 Å². The van der Waals surface area contributed by atoms with Gasteiger partial charge < -0.3 is 10.4 Å². The zero-order chi connectivity index (χ0) is 14.2. The van der Waals surface area contributed by atoms with Gasteiger partial charge in [-0.25, -0.2) is 0 Å². The van der Waals surface area contributed by atoms with Crippen LogP contribution in [0.1, 0.15) is 36.4 Å². The van der Waals surface area contributed by atoms with Crippen molar-refractivity contribution in [2.75, 3.05) is 13.2 Å². The molecular weight excluding hydrogens is 246 g/mol. The van der Waals surface area contributed by atoms with Gasteiger partial charge in [0.2, 0.25) is 0 Å². The largest absolute Gasteiger partial charge is 0.394 e. The molecule has 0 aliphatic heterocycles. The standard InChI is InChI=1S/C18H23NO/c1-15(16-8-4-2-5-9-16)12-13-19-18(14-20)17-10-6-3-7-11-17/h2-11,15,18-20H,12-14H2,1H3/t15?,18-/m0/s1. The molecule has 0 aliphatic carbocycles. The van der Waals surface area contributed by atoms with Crippen LogP contribution in [0.3, 0.4) is 0 Å². The van der Waals surface area contributed by atoms with E-state index >= 15 is 0 Å². The minimum atomic E-state index is 0.0270. The molecule has 0 amide bonds. The van der Waals surface area contributed by atoms with Crippen molar-refractivity contribution in [3.05, 3.63) is 71.8 Å². The monoisotopic (exact) mass is 269 g/mol. The van der Waals surface area contributed by atoms with Gasteiger partial charge in [-0.3, -0.25) is 0 Å². The van der Waals surface area contributed by atoms with Crippen LogP contribution in [0.2, 0.25) is 0 Å². The van der Waals surface area contributed by atoms with Gasteiger partial charge in [0.15, 0.2) is 0 Å². The predicted octanol–water partition coefficient (Wildman–Crippen LogP) is 3.50. The number of hydrogen-bond acceptors (Lipinski definition) is 2. The molecule has 0 saturated heterocycles. The lowest BCUT2D eigenvalue weighted by molar-refractivity contribution is 0.243. The first-order valence-corrected chi connectivity index (χ1v) is 7.25. The van der Waals surface area contributed by atoms with Crippen LogP contribution in [0.25, 0.3) is 0 Å². The van der Waals surface area contributed by atoms with E-state index in [0.717, 1.165) is 18.5 Å². The molecule has 0 bridgehead atoms. The quantitative estimate of drug-likeness (QED) is 0.806. The van der Waals surface area contributed by atoms with Crippen molar-refractivity contribution in [3.8, 4) is 0 Å². The summed E-state index contributed by atoms with van der Waals surface area (Å²) in [4.78, 5) is 0. The second-order valence-electron chi connectivity index (χ2n) is 5.20. The molecule has 2 N–H and O–H groups in total. The van der Waals surface area contributed by atoms with Crippen molar-refractivity contribution in [1.29, 1.82) is 0 Å². The van der Waals surface area contributed by atoms with Gasteiger partial charge in [-0.2, -0.15) is 0 Å². The third-order valence-electron chi connectivity index (χ3n) is 3.72. The van der Waals surface area contributed by atoms with E-state index < -0.39 is 0 Å². The van der Waals surface area contributed by atoms with E-state index in [1.165, 1.54) is 5.56 Å². The Morgan fingerprint density at radius 2 is 1.45 bits per heavy atom. The van der Waals surface area contributed by atoms with Crippen LogP contribution in [-0.4, -0.2) is 18.3 Å². The molecule has 20 heavy (non-hydrogen) atoms. The van der Waals surface area contributed by atoms with Crippen LogP contribution in [-0.2, 0) is 0 Å². The zero-order valence-corrected chi connectivity index (χ0v) is 12.0. The summed E-state index contributed by atoms with van der Waals surface area (Å²) in [5, 5.41) is 12.9. The maximum atomic E-state index is 9.50. The lowest BCUT2D eigenvalue weighted by atomic mass is 9.97. The molecule has 0 spiro atoms. The molecular formula is C18H23NO. The molecule has 0 radical (unpaired) electrons. The SMILES string of the molecule is CC(CCN[C@@H](CO)c1ccccc1)c1ccccc1. The second kappa shape index (κ2) is 7.83. The maximum Gasteiger partial charge on any atom is 0.0626 e. The highest BCUT2D eigenvalue weighted by Gasteiger charge is 2.10.